The second kappa shape index (κ2) is 1.69. The van der Waals surface area contributed by atoms with Crippen molar-refractivity contribution in [3.8, 4) is 5.88 Å². The van der Waals surface area contributed by atoms with Crippen LogP contribution in [0.2, 0.25) is 0 Å². The predicted octanol–water partition coefficient (Wildman–Crippen LogP) is 0.411. The van der Waals surface area contributed by atoms with Crippen LogP contribution in [0.1, 0.15) is 5.56 Å². The van der Waals surface area contributed by atoms with Crippen LogP contribution in [0.25, 0.3) is 0 Å². The van der Waals surface area contributed by atoms with Crippen LogP contribution in [-0.4, -0.2) is 16.8 Å². The van der Waals surface area contributed by atoms with Gasteiger partial charge in [0, 0.05) is 12.0 Å². The van der Waals surface area contributed by atoms with Gasteiger partial charge in [0.05, 0.1) is 12.8 Å². The van der Waals surface area contributed by atoms with Crippen LogP contribution >= 0.6 is 0 Å². The highest BCUT2D eigenvalue weighted by Crippen LogP contribution is 2.18. The first-order valence-electron chi connectivity index (χ1n) is 2.90. The molecule has 0 amide bonds. The number of aromatic nitrogens is 2. The summed E-state index contributed by atoms with van der Waals surface area (Å²) in [5.41, 5.74) is 1.17. The molecule has 0 aromatic carbocycles. The van der Waals surface area contributed by atoms with Gasteiger partial charge in [-0.1, -0.05) is 0 Å². The van der Waals surface area contributed by atoms with Crippen LogP contribution in [0, 0.1) is 0 Å². The van der Waals surface area contributed by atoms with Crippen molar-refractivity contribution in [2.75, 3.05) is 6.61 Å². The van der Waals surface area contributed by atoms with E-state index in [9.17, 15) is 0 Å². The van der Waals surface area contributed by atoms with Crippen molar-refractivity contribution in [1.82, 2.24) is 10.2 Å². The monoisotopic (exact) mass is 122 g/mol. The highest BCUT2D eigenvalue weighted by atomic mass is 16.5. The van der Waals surface area contributed by atoms with Crippen molar-refractivity contribution in [3.05, 3.63) is 17.8 Å². The Kier molecular flexibility index (Phi) is 0.886. The third kappa shape index (κ3) is 0.650. The zero-order valence-electron chi connectivity index (χ0n) is 4.87. The number of hydrogen-bond donors (Lipinski definition) is 0. The number of hydrogen-bond acceptors (Lipinski definition) is 3. The first-order valence-corrected chi connectivity index (χ1v) is 2.90. The van der Waals surface area contributed by atoms with Gasteiger partial charge in [-0.15, -0.1) is 5.10 Å². The summed E-state index contributed by atoms with van der Waals surface area (Å²) in [6.07, 6.45) is 2.67. The second-order valence-electron chi connectivity index (χ2n) is 1.96. The molecular weight excluding hydrogens is 116 g/mol. The summed E-state index contributed by atoms with van der Waals surface area (Å²) in [5, 5.41) is 7.47. The summed E-state index contributed by atoms with van der Waals surface area (Å²) in [6, 6.07) is 1.94. The quantitative estimate of drug-likeness (QED) is 0.500. The smallest absolute Gasteiger partial charge is 0.236 e. The normalized spacial score (nSPS) is 14.7. The van der Waals surface area contributed by atoms with Gasteiger partial charge in [-0.2, -0.15) is 5.10 Å². The Morgan fingerprint density at radius 2 is 2.56 bits per heavy atom. The Morgan fingerprint density at radius 1 is 1.56 bits per heavy atom. The molecule has 0 fully saturated rings. The Balaban J connectivity index is 2.54. The van der Waals surface area contributed by atoms with E-state index in [-0.39, 0.29) is 0 Å². The van der Waals surface area contributed by atoms with Crippen LogP contribution in [0.15, 0.2) is 12.3 Å². The van der Waals surface area contributed by atoms with Crippen molar-refractivity contribution in [1.29, 1.82) is 0 Å². The molecule has 1 aromatic heterocycles. The lowest BCUT2D eigenvalue weighted by Gasteiger charge is -1.90. The number of ether oxygens (including phenoxy) is 1. The van der Waals surface area contributed by atoms with E-state index in [1.165, 1.54) is 5.56 Å². The minimum atomic E-state index is 0.706. The maximum Gasteiger partial charge on any atom is 0.236 e. The minimum Gasteiger partial charge on any atom is -0.476 e. The van der Waals surface area contributed by atoms with Crippen LogP contribution < -0.4 is 4.74 Å². The van der Waals surface area contributed by atoms with Gasteiger partial charge in [0.1, 0.15) is 0 Å². The molecule has 2 rings (SSSR count). The van der Waals surface area contributed by atoms with Crippen molar-refractivity contribution < 1.29 is 4.74 Å². The second-order valence-corrected chi connectivity index (χ2v) is 1.96. The fraction of sp³-hybridized carbons (Fsp3) is 0.333. The average molecular weight is 122 g/mol. The Hall–Kier alpha value is -1.12. The Morgan fingerprint density at radius 3 is 3.44 bits per heavy atom. The molecule has 0 radical (unpaired) electrons. The van der Waals surface area contributed by atoms with E-state index in [0.29, 0.717) is 5.88 Å². The Bertz CT molecular complexity index is 201. The number of nitrogens with zero attached hydrogens (tertiary/aromatic N) is 2. The maximum atomic E-state index is 5.12. The summed E-state index contributed by atoms with van der Waals surface area (Å²) in [7, 11) is 0. The minimum absolute atomic E-state index is 0.706. The van der Waals surface area contributed by atoms with E-state index in [0.717, 1.165) is 13.0 Å². The van der Waals surface area contributed by atoms with E-state index in [4.69, 9.17) is 4.74 Å². The van der Waals surface area contributed by atoms with Gasteiger partial charge in [0.25, 0.3) is 0 Å². The van der Waals surface area contributed by atoms with E-state index >= 15 is 0 Å². The van der Waals surface area contributed by atoms with E-state index in [2.05, 4.69) is 10.2 Å². The van der Waals surface area contributed by atoms with Crippen LogP contribution in [0.5, 0.6) is 5.88 Å². The van der Waals surface area contributed by atoms with Crippen LogP contribution in [-0.2, 0) is 6.42 Å². The third-order valence-corrected chi connectivity index (χ3v) is 1.38. The Labute approximate surface area is 52.7 Å². The lowest BCUT2D eigenvalue weighted by Crippen LogP contribution is -1.88. The molecule has 0 atom stereocenters. The highest BCUT2D eigenvalue weighted by Gasteiger charge is 2.11. The predicted molar refractivity (Wildman–Crippen MR) is 31.2 cm³/mol. The fourth-order valence-corrected chi connectivity index (χ4v) is 0.914. The van der Waals surface area contributed by atoms with Crippen molar-refractivity contribution >= 4 is 0 Å². The summed E-state index contributed by atoms with van der Waals surface area (Å²) < 4.78 is 5.12. The molecule has 1 aromatic rings. The van der Waals surface area contributed by atoms with Crippen LogP contribution in [0.4, 0.5) is 0 Å². The molecular formula is C6H6N2O. The first-order chi connectivity index (χ1) is 4.47. The van der Waals surface area contributed by atoms with Crippen LogP contribution in [0.3, 0.4) is 0 Å². The lowest BCUT2D eigenvalue weighted by molar-refractivity contribution is 0.341. The molecule has 0 bridgehead atoms. The van der Waals surface area contributed by atoms with Gasteiger partial charge in [-0.3, -0.25) is 0 Å². The molecule has 0 aliphatic carbocycles. The lowest BCUT2D eigenvalue weighted by atomic mass is 10.2. The van der Waals surface area contributed by atoms with E-state index in [1.807, 2.05) is 6.07 Å². The van der Waals surface area contributed by atoms with Gasteiger partial charge in [0.2, 0.25) is 5.88 Å². The van der Waals surface area contributed by atoms with Gasteiger partial charge < -0.3 is 4.74 Å². The zero-order chi connectivity index (χ0) is 6.10. The summed E-state index contributed by atoms with van der Waals surface area (Å²) in [5.74, 6) is 0.706. The highest BCUT2D eigenvalue weighted by molar-refractivity contribution is 5.26. The standard InChI is InChI=1S/C6H6N2O/c1-3-7-8-6-5(1)2-4-9-6/h1,3H,2,4H2. The zero-order valence-corrected chi connectivity index (χ0v) is 4.87. The summed E-state index contributed by atoms with van der Waals surface area (Å²) >= 11 is 0. The van der Waals surface area contributed by atoms with Crippen molar-refractivity contribution in [2.45, 2.75) is 6.42 Å². The van der Waals surface area contributed by atoms with E-state index < -0.39 is 0 Å². The molecule has 1 aliphatic rings. The van der Waals surface area contributed by atoms with E-state index in [1.54, 1.807) is 6.20 Å². The molecule has 9 heavy (non-hydrogen) atoms. The van der Waals surface area contributed by atoms with Gasteiger partial charge in [0.15, 0.2) is 0 Å². The van der Waals surface area contributed by atoms with Crippen molar-refractivity contribution in [3.63, 3.8) is 0 Å². The molecule has 46 valence electrons. The molecule has 1 aliphatic heterocycles. The molecule has 0 saturated heterocycles. The van der Waals surface area contributed by atoms with Crippen molar-refractivity contribution in [2.24, 2.45) is 0 Å². The third-order valence-electron chi connectivity index (χ3n) is 1.38. The first kappa shape index (κ1) is 4.73. The topological polar surface area (TPSA) is 35.0 Å². The average Bonchev–Trinajstić information content (AvgIpc) is 2.33. The molecule has 2 heterocycles. The number of fused-ring (bicyclic) bond motifs is 1. The molecule has 3 nitrogen and oxygen atoms in total. The van der Waals surface area contributed by atoms with Gasteiger partial charge in [-0.25, -0.2) is 0 Å². The maximum absolute atomic E-state index is 5.12. The molecule has 0 saturated carbocycles. The summed E-state index contributed by atoms with van der Waals surface area (Å²) in [6.45, 7) is 0.758. The fourth-order valence-electron chi connectivity index (χ4n) is 0.914. The molecule has 0 N–H and O–H groups in total. The number of rotatable bonds is 0. The largest absolute Gasteiger partial charge is 0.476 e. The van der Waals surface area contributed by atoms with Gasteiger partial charge in [-0.05, 0) is 6.07 Å². The molecule has 3 heteroatoms. The van der Waals surface area contributed by atoms with Gasteiger partial charge >= 0.3 is 0 Å². The molecule has 0 spiro atoms. The molecule has 0 unspecified atom stereocenters. The SMILES string of the molecule is c1cc2c(nn1)OCC2. The summed E-state index contributed by atoms with van der Waals surface area (Å²) in [4.78, 5) is 0.